The van der Waals surface area contributed by atoms with Gasteiger partial charge in [0.05, 0.1) is 5.52 Å². The number of nitrogens with zero attached hydrogens (tertiary/aromatic N) is 1. The monoisotopic (exact) mass is 279 g/mol. The number of pyridine rings is 1. The molecule has 0 saturated heterocycles. The summed E-state index contributed by atoms with van der Waals surface area (Å²) in [5, 5.41) is 12.2. The van der Waals surface area contributed by atoms with Crippen LogP contribution >= 0.6 is 0 Å². The van der Waals surface area contributed by atoms with Crippen LogP contribution in [0.15, 0.2) is 54.7 Å². The Bertz CT molecular complexity index is 840. The van der Waals surface area contributed by atoms with E-state index in [0.717, 1.165) is 16.5 Å². The van der Waals surface area contributed by atoms with E-state index < -0.39 is 5.60 Å². The van der Waals surface area contributed by atoms with Crippen LogP contribution in [0.2, 0.25) is 0 Å². The molecule has 1 aliphatic rings. The van der Waals surface area contributed by atoms with E-state index in [1.54, 1.807) is 12.3 Å². The fourth-order valence-corrected chi connectivity index (χ4v) is 3.36. The molecule has 104 valence electrons. The number of para-hydroxylation sites is 1. The molecular weight excluding hydrogens is 265 g/mol. The van der Waals surface area contributed by atoms with Crippen LogP contribution in [0.1, 0.15) is 23.1 Å². The molecule has 21 heavy (non-hydrogen) atoms. The minimum atomic E-state index is -1.16. The SMILES string of the molecule is OC1(c2cccc3cccnc23)CCc2c(F)cccc21. The van der Waals surface area contributed by atoms with Crippen LogP contribution in [-0.2, 0) is 12.0 Å². The zero-order valence-electron chi connectivity index (χ0n) is 11.4. The zero-order valence-corrected chi connectivity index (χ0v) is 11.4. The quantitative estimate of drug-likeness (QED) is 0.739. The molecule has 0 aliphatic heterocycles. The highest BCUT2D eigenvalue weighted by molar-refractivity contribution is 5.83. The predicted molar refractivity (Wildman–Crippen MR) is 79.5 cm³/mol. The zero-order chi connectivity index (χ0) is 14.4. The summed E-state index contributed by atoms with van der Waals surface area (Å²) in [6.07, 6.45) is 2.75. The van der Waals surface area contributed by atoms with Crippen molar-refractivity contribution in [3.8, 4) is 0 Å². The Morgan fingerprint density at radius 3 is 2.67 bits per heavy atom. The summed E-state index contributed by atoms with van der Waals surface area (Å²) in [7, 11) is 0. The van der Waals surface area contributed by atoms with E-state index in [4.69, 9.17) is 0 Å². The van der Waals surface area contributed by atoms with Crippen LogP contribution in [-0.4, -0.2) is 10.1 Å². The maximum Gasteiger partial charge on any atom is 0.126 e. The van der Waals surface area contributed by atoms with E-state index >= 15 is 0 Å². The number of fused-ring (bicyclic) bond motifs is 2. The second-order valence-corrected chi connectivity index (χ2v) is 5.51. The average Bonchev–Trinajstić information content (AvgIpc) is 2.87. The number of aromatic nitrogens is 1. The molecule has 4 rings (SSSR count). The molecule has 1 unspecified atom stereocenters. The standard InChI is InChI=1S/C18H14FNO/c19-16-8-2-6-14-13(16)9-10-18(14,21)15-7-1-4-12-5-3-11-20-17(12)15/h1-8,11,21H,9-10H2. The summed E-state index contributed by atoms with van der Waals surface area (Å²) >= 11 is 0. The van der Waals surface area contributed by atoms with Crippen LogP contribution in [0.25, 0.3) is 10.9 Å². The van der Waals surface area contributed by atoms with E-state index in [1.807, 2.05) is 36.4 Å². The largest absolute Gasteiger partial charge is 0.380 e. The molecule has 1 N–H and O–H groups in total. The Balaban J connectivity index is 2.01. The molecule has 2 nitrogen and oxygen atoms in total. The second-order valence-electron chi connectivity index (χ2n) is 5.51. The minimum Gasteiger partial charge on any atom is -0.380 e. The molecule has 0 bridgehead atoms. The van der Waals surface area contributed by atoms with Crippen LogP contribution < -0.4 is 0 Å². The Morgan fingerprint density at radius 2 is 1.76 bits per heavy atom. The van der Waals surface area contributed by atoms with Gasteiger partial charge in [-0.15, -0.1) is 0 Å². The topological polar surface area (TPSA) is 33.1 Å². The third kappa shape index (κ3) is 1.71. The van der Waals surface area contributed by atoms with Crippen molar-refractivity contribution in [1.29, 1.82) is 0 Å². The van der Waals surface area contributed by atoms with Crippen LogP contribution in [0, 0.1) is 5.82 Å². The Hall–Kier alpha value is -2.26. The number of hydrogen-bond acceptors (Lipinski definition) is 2. The number of halogens is 1. The number of benzene rings is 2. The van der Waals surface area contributed by atoms with E-state index in [0.29, 0.717) is 24.0 Å². The molecule has 0 radical (unpaired) electrons. The Kier molecular flexibility index (Phi) is 2.59. The summed E-state index contributed by atoms with van der Waals surface area (Å²) in [5.74, 6) is -0.239. The van der Waals surface area contributed by atoms with Gasteiger partial charge in [0, 0.05) is 17.1 Å². The summed E-state index contributed by atoms with van der Waals surface area (Å²) < 4.78 is 13.9. The van der Waals surface area contributed by atoms with Gasteiger partial charge in [-0.3, -0.25) is 4.98 Å². The lowest BCUT2D eigenvalue weighted by Gasteiger charge is -2.25. The molecule has 0 spiro atoms. The normalized spacial score (nSPS) is 20.7. The summed E-state index contributed by atoms with van der Waals surface area (Å²) in [6, 6.07) is 14.5. The molecule has 0 saturated carbocycles. The first-order valence-electron chi connectivity index (χ1n) is 7.04. The summed E-state index contributed by atoms with van der Waals surface area (Å²) in [4.78, 5) is 4.41. The first-order valence-corrected chi connectivity index (χ1v) is 7.04. The van der Waals surface area contributed by atoms with Crippen LogP contribution in [0.3, 0.4) is 0 Å². The highest BCUT2D eigenvalue weighted by Crippen LogP contribution is 2.44. The molecular formula is C18H14FNO. The first-order chi connectivity index (χ1) is 10.2. The van der Waals surface area contributed by atoms with E-state index in [-0.39, 0.29) is 5.82 Å². The summed E-state index contributed by atoms with van der Waals surface area (Å²) in [5.41, 5.74) is 1.66. The minimum absolute atomic E-state index is 0.239. The van der Waals surface area contributed by atoms with Gasteiger partial charge in [-0.1, -0.05) is 36.4 Å². The molecule has 1 heterocycles. The Morgan fingerprint density at radius 1 is 1.00 bits per heavy atom. The third-order valence-corrected chi connectivity index (χ3v) is 4.38. The van der Waals surface area contributed by atoms with Gasteiger partial charge in [-0.2, -0.15) is 0 Å². The van der Waals surface area contributed by atoms with Gasteiger partial charge in [0.25, 0.3) is 0 Å². The van der Waals surface area contributed by atoms with Crippen LogP contribution in [0.5, 0.6) is 0 Å². The number of hydrogen-bond donors (Lipinski definition) is 1. The van der Waals surface area contributed by atoms with Crippen molar-refractivity contribution in [3.63, 3.8) is 0 Å². The van der Waals surface area contributed by atoms with Crippen molar-refractivity contribution in [2.75, 3.05) is 0 Å². The van der Waals surface area contributed by atoms with Gasteiger partial charge in [-0.25, -0.2) is 4.39 Å². The number of aliphatic hydroxyl groups is 1. The fraction of sp³-hybridized carbons (Fsp3) is 0.167. The lowest BCUT2D eigenvalue weighted by Crippen LogP contribution is -2.24. The smallest absolute Gasteiger partial charge is 0.126 e. The molecule has 0 fully saturated rings. The van der Waals surface area contributed by atoms with Gasteiger partial charge >= 0.3 is 0 Å². The molecule has 1 aromatic heterocycles. The van der Waals surface area contributed by atoms with Crippen molar-refractivity contribution < 1.29 is 9.50 Å². The predicted octanol–water partition coefficient (Wildman–Crippen LogP) is 3.56. The number of rotatable bonds is 1. The molecule has 3 heteroatoms. The third-order valence-electron chi connectivity index (χ3n) is 4.38. The second kappa shape index (κ2) is 4.37. The van der Waals surface area contributed by atoms with Crippen molar-refractivity contribution in [2.24, 2.45) is 0 Å². The lowest BCUT2D eigenvalue weighted by atomic mass is 9.86. The van der Waals surface area contributed by atoms with Crippen molar-refractivity contribution in [1.82, 2.24) is 4.98 Å². The highest BCUT2D eigenvalue weighted by Gasteiger charge is 2.40. The van der Waals surface area contributed by atoms with Crippen molar-refractivity contribution in [3.05, 3.63) is 77.2 Å². The van der Waals surface area contributed by atoms with Crippen LogP contribution in [0.4, 0.5) is 4.39 Å². The Labute approximate surface area is 121 Å². The maximum atomic E-state index is 13.9. The lowest BCUT2D eigenvalue weighted by molar-refractivity contribution is 0.0843. The van der Waals surface area contributed by atoms with Crippen molar-refractivity contribution in [2.45, 2.75) is 18.4 Å². The average molecular weight is 279 g/mol. The van der Waals surface area contributed by atoms with Gasteiger partial charge in [-0.05, 0) is 36.1 Å². The molecule has 2 aromatic carbocycles. The van der Waals surface area contributed by atoms with E-state index in [9.17, 15) is 9.50 Å². The highest BCUT2D eigenvalue weighted by atomic mass is 19.1. The van der Waals surface area contributed by atoms with Crippen molar-refractivity contribution >= 4 is 10.9 Å². The molecule has 1 atom stereocenters. The molecule has 3 aromatic rings. The maximum absolute atomic E-state index is 13.9. The molecule has 1 aliphatic carbocycles. The summed E-state index contributed by atoms with van der Waals surface area (Å²) in [6.45, 7) is 0. The van der Waals surface area contributed by atoms with E-state index in [2.05, 4.69) is 4.98 Å². The first kappa shape index (κ1) is 12.5. The van der Waals surface area contributed by atoms with Gasteiger partial charge < -0.3 is 5.11 Å². The van der Waals surface area contributed by atoms with Gasteiger partial charge in [0.1, 0.15) is 11.4 Å². The van der Waals surface area contributed by atoms with Gasteiger partial charge in [0.15, 0.2) is 0 Å². The van der Waals surface area contributed by atoms with E-state index in [1.165, 1.54) is 6.07 Å². The molecule has 0 amide bonds. The fourth-order valence-electron chi connectivity index (χ4n) is 3.36. The van der Waals surface area contributed by atoms with Gasteiger partial charge in [0.2, 0.25) is 0 Å².